The fraction of sp³-hybridized carbons (Fsp3) is 0.222. The van der Waals surface area contributed by atoms with Gasteiger partial charge in [0.25, 0.3) is 0 Å². The Hall–Kier alpha value is -5.24. The van der Waals surface area contributed by atoms with Gasteiger partial charge in [-0.2, -0.15) is 0 Å². The van der Waals surface area contributed by atoms with Crippen LogP contribution in [-0.4, -0.2) is 0 Å². The first kappa shape index (κ1) is 34.3. The van der Waals surface area contributed by atoms with Crippen molar-refractivity contribution in [2.45, 2.75) is 77.0 Å². The molecule has 1 heterocycles. The zero-order valence-corrected chi connectivity index (χ0v) is 34.1. The Morgan fingerprint density at radius 1 is 0.436 bits per heavy atom. The van der Waals surface area contributed by atoms with Crippen LogP contribution in [0.4, 0.5) is 0 Å². The topological polar surface area (TPSA) is 0 Å². The number of benzene rings is 7. The highest BCUT2D eigenvalue weighted by Crippen LogP contribution is 2.62. The van der Waals surface area contributed by atoms with Crippen molar-refractivity contribution in [1.29, 1.82) is 0 Å². The minimum atomic E-state index is -0.552. The SMILES string of the molecule is CC(C)(C)c1ccc(C2(c3ccc(C(C)(C)C)cc3)c3cc4c(cc3-c3c2cc(-c2cc5ccccc5s2)c2ccccc32)C(C)(C)c2ccccc2-4)cc1. The van der Waals surface area contributed by atoms with Crippen LogP contribution >= 0.6 is 11.3 Å². The van der Waals surface area contributed by atoms with Crippen LogP contribution in [-0.2, 0) is 21.7 Å². The monoisotopic (exact) mass is 728 g/mol. The standard InChI is InChI=1S/C54H48S/c1-51(2,3)34-21-25-36(26-22-34)54(37-27-23-35(24-28-37)52(4,5)6)46-30-41-39-17-12-13-19-44(39)53(7,8)45(41)32-43(46)50-40-18-11-10-16-38(40)42(31-47(50)54)49-29-33-15-9-14-20-48(33)55-49/h9-32H,1-8H3. The Morgan fingerprint density at radius 2 is 0.982 bits per heavy atom. The Balaban J connectivity index is 1.38. The molecule has 0 atom stereocenters. The van der Waals surface area contributed by atoms with E-state index < -0.39 is 5.41 Å². The van der Waals surface area contributed by atoms with Crippen molar-refractivity contribution in [3.05, 3.63) is 190 Å². The molecule has 1 aromatic heterocycles. The molecule has 0 N–H and O–H groups in total. The molecule has 0 unspecified atom stereocenters. The van der Waals surface area contributed by atoms with E-state index in [2.05, 4.69) is 201 Å². The van der Waals surface area contributed by atoms with E-state index in [1.807, 2.05) is 11.3 Å². The molecular weight excluding hydrogens is 681 g/mol. The molecule has 0 bridgehead atoms. The number of hydrogen-bond acceptors (Lipinski definition) is 1. The van der Waals surface area contributed by atoms with Gasteiger partial charge in [-0.1, -0.05) is 171 Å². The van der Waals surface area contributed by atoms with Gasteiger partial charge in [0, 0.05) is 15.0 Å². The predicted octanol–water partition coefficient (Wildman–Crippen LogP) is 15.0. The minimum absolute atomic E-state index is 0.0478. The van der Waals surface area contributed by atoms with Gasteiger partial charge in [0.05, 0.1) is 5.41 Å². The van der Waals surface area contributed by atoms with E-state index in [1.165, 1.54) is 98.1 Å². The summed E-state index contributed by atoms with van der Waals surface area (Å²) in [7, 11) is 0. The van der Waals surface area contributed by atoms with Gasteiger partial charge in [-0.05, 0) is 130 Å². The molecule has 0 amide bonds. The third-order valence-electron chi connectivity index (χ3n) is 12.9. The molecular formula is C54H48S. The van der Waals surface area contributed by atoms with E-state index in [1.54, 1.807) is 0 Å². The summed E-state index contributed by atoms with van der Waals surface area (Å²) in [5, 5.41) is 3.93. The maximum Gasteiger partial charge on any atom is 0.0714 e. The highest BCUT2D eigenvalue weighted by molar-refractivity contribution is 7.22. The lowest BCUT2D eigenvalue weighted by atomic mass is 9.66. The molecule has 2 aliphatic carbocycles. The van der Waals surface area contributed by atoms with Crippen LogP contribution in [0.3, 0.4) is 0 Å². The summed E-state index contributed by atoms with van der Waals surface area (Å²) in [6.07, 6.45) is 0. The molecule has 1 heteroatoms. The van der Waals surface area contributed by atoms with Gasteiger partial charge >= 0.3 is 0 Å². The van der Waals surface area contributed by atoms with Crippen LogP contribution in [0.15, 0.2) is 146 Å². The Kier molecular flexibility index (Phi) is 7.25. The molecule has 0 fully saturated rings. The highest BCUT2D eigenvalue weighted by atomic mass is 32.1. The van der Waals surface area contributed by atoms with E-state index in [-0.39, 0.29) is 16.2 Å². The second-order valence-electron chi connectivity index (χ2n) is 18.6. The molecule has 0 aliphatic heterocycles. The van der Waals surface area contributed by atoms with Crippen molar-refractivity contribution >= 4 is 32.2 Å². The van der Waals surface area contributed by atoms with Crippen molar-refractivity contribution in [3.8, 4) is 32.7 Å². The van der Waals surface area contributed by atoms with E-state index in [4.69, 9.17) is 0 Å². The van der Waals surface area contributed by atoms with Gasteiger partial charge in [0.15, 0.2) is 0 Å². The average Bonchev–Trinajstić information content (AvgIpc) is 3.80. The van der Waals surface area contributed by atoms with E-state index in [0.717, 1.165) is 0 Å². The van der Waals surface area contributed by atoms with Crippen molar-refractivity contribution in [2.75, 3.05) is 0 Å². The summed E-state index contributed by atoms with van der Waals surface area (Å²) < 4.78 is 1.32. The zero-order valence-electron chi connectivity index (χ0n) is 33.3. The second kappa shape index (κ2) is 11.6. The summed E-state index contributed by atoms with van der Waals surface area (Å²) in [4.78, 5) is 1.31. The molecule has 0 radical (unpaired) electrons. The lowest BCUT2D eigenvalue weighted by Gasteiger charge is -2.35. The number of thiophene rings is 1. The van der Waals surface area contributed by atoms with Crippen molar-refractivity contribution < 1.29 is 0 Å². The third-order valence-corrected chi connectivity index (χ3v) is 14.1. The third kappa shape index (κ3) is 4.88. The molecule has 10 rings (SSSR count). The normalized spacial score (nSPS) is 15.2. The van der Waals surface area contributed by atoms with Crippen LogP contribution in [0.2, 0.25) is 0 Å². The lowest BCUT2D eigenvalue weighted by Crippen LogP contribution is -2.29. The summed E-state index contributed by atoms with van der Waals surface area (Å²) in [5.41, 5.74) is 17.1. The van der Waals surface area contributed by atoms with E-state index >= 15 is 0 Å². The number of fused-ring (bicyclic) bond motifs is 9. The molecule has 2 aliphatic rings. The van der Waals surface area contributed by atoms with Crippen LogP contribution in [0.25, 0.3) is 53.6 Å². The Morgan fingerprint density at radius 3 is 1.62 bits per heavy atom. The van der Waals surface area contributed by atoms with Crippen molar-refractivity contribution in [2.24, 2.45) is 0 Å². The molecule has 7 aromatic carbocycles. The largest absolute Gasteiger partial charge is 0.135 e. The molecule has 270 valence electrons. The fourth-order valence-corrected chi connectivity index (χ4v) is 11.0. The first-order valence-electron chi connectivity index (χ1n) is 19.8. The van der Waals surface area contributed by atoms with Gasteiger partial charge in [-0.25, -0.2) is 0 Å². The van der Waals surface area contributed by atoms with Gasteiger partial charge in [0.2, 0.25) is 0 Å². The van der Waals surface area contributed by atoms with Gasteiger partial charge in [-0.15, -0.1) is 11.3 Å². The highest BCUT2D eigenvalue weighted by Gasteiger charge is 2.49. The zero-order chi connectivity index (χ0) is 38.1. The molecule has 0 saturated heterocycles. The number of hydrogen-bond donors (Lipinski definition) is 0. The molecule has 8 aromatic rings. The first-order valence-corrected chi connectivity index (χ1v) is 20.7. The summed E-state index contributed by atoms with van der Waals surface area (Å²) in [5.74, 6) is 0. The van der Waals surface area contributed by atoms with Crippen molar-refractivity contribution in [3.63, 3.8) is 0 Å². The quantitative estimate of drug-likeness (QED) is 0.170. The van der Waals surface area contributed by atoms with Crippen molar-refractivity contribution in [1.82, 2.24) is 0 Å². The maximum absolute atomic E-state index is 2.60. The summed E-state index contributed by atoms with van der Waals surface area (Å²) in [6, 6.07) is 56.6. The molecule has 0 saturated carbocycles. The average molecular weight is 729 g/mol. The molecule has 55 heavy (non-hydrogen) atoms. The lowest BCUT2D eigenvalue weighted by molar-refractivity contribution is 0.588. The van der Waals surface area contributed by atoms with Crippen LogP contribution in [0.5, 0.6) is 0 Å². The predicted molar refractivity (Wildman–Crippen MR) is 237 cm³/mol. The van der Waals surface area contributed by atoms with Gasteiger partial charge < -0.3 is 0 Å². The Labute approximate surface area is 330 Å². The maximum atomic E-state index is 2.60. The fourth-order valence-electron chi connectivity index (χ4n) is 9.92. The van der Waals surface area contributed by atoms with Gasteiger partial charge in [0.1, 0.15) is 0 Å². The molecule has 0 nitrogen and oxygen atoms in total. The number of rotatable bonds is 3. The minimum Gasteiger partial charge on any atom is -0.135 e. The van der Waals surface area contributed by atoms with E-state index in [9.17, 15) is 0 Å². The van der Waals surface area contributed by atoms with Crippen LogP contribution in [0, 0.1) is 0 Å². The van der Waals surface area contributed by atoms with Crippen LogP contribution < -0.4 is 0 Å². The molecule has 0 spiro atoms. The van der Waals surface area contributed by atoms with E-state index in [0.29, 0.717) is 0 Å². The summed E-state index contributed by atoms with van der Waals surface area (Å²) >= 11 is 1.91. The second-order valence-corrected chi connectivity index (χ2v) is 19.6. The summed E-state index contributed by atoms with van der Waals surface area (Å²) in [6.45, 7) is 18.7. The Bertz CT molecular complexity index is 2740. The van der Waals surface area contributed by atoms with Crippen LogP contribution in [0.1, 0.15) is 99.9 Å². The smallest absolute Gasteiger partial charge is 0.0714 e. The van der Waals surface area contributed by atoms with Gasteiger partial charge in [-0.3, -0.25) is 0 Å². The first-order chi connectivity index (χ1) is 26.3.